The first-order valence-electron chi connectivity index (χ1n) is 6.42. The van der Waals surface area contributed by atoms with E-state index in [-0.39, 0.29) is 5.82 Å². The van der Waals surface area contributed by atoms with E-state index in [1.54, 1.807) is 18.3 Å². The Hall–Kier alpha value is -1.81. The van der Waals surface area contributed by atoms with Crippen molar-refractivity contribution in [2.75, 3.05) is 0 Å². The predicted octanol–water partition coefficient (Wildman–Crippen LogP) is 2.70. The van der Waals surface area contributed by atoms with Crippen molar-refractivity contribution in [1.29, 1.82) is 0 Å². The van der Waals surface area contributed by atoms with Crippen LogP contribution in [-0.2, 0) is 13.0 Å². The fraction of sp³-hybridized carbons (Fsp3) is 0.333. The molecule has 0 radical (unpaired) electrons. The van der Waals surface area contributed by atoms with Gasteiger partial charge in [-0.2, -0.15) is 0 Å². The standard InChI is InChI=1S/C15H18FN3/c1-11(2)18-10-13-7-8-17-15(19-13)9-12-5-3-4-6-14(12)16/h3-8,11,18H,9-10H2,1-2H3. The second-order valence-electron chi connectivity index (χ2n) is 4.77. The number of nitrogens with one attached hydrogen (secondary N) is 1. The van der Waals surface area contributed by atoms with Crippen molar-refractivity contribution in [1.82, 2.24) is 15.3 Å². The van der Waals surface area contributed by atoms with Crippen LogP contribution in [0, 0.1) is 5.82 Å². The summed E-state index contributed by atoms with van der Waals surface area (Å²) in [5.74, 6) is 0.435. The summed E-state index contributed by atoms with van der Waals surface area (Å²) in [7, 11) is 0. The maximum absolute atomic E-state index is 13.6. The molecule has 1 heterocycles. The van der Waals surface area contributed by atoms with Crippen LogP contribution >= 0.6 is 0 Å². The Morgan fingerprint density at radius 2 is 2.00 bits per heavy atom. The van der Waals surface area contributed by atoms with Gasteiger partial charge in [-0.25, -0.2) is 14.4 Å². The lowest BCUT2D eigenvalue weighted by molar-refractivity contribution is 0.578. The van der Waals surface area contributed by atoms with Gasteiger partial charge in [0, 0.05) is 25.2 Å². The molecule has 0 aliphatic carbocycles. The number of benzene rings is 1. The Kier molecular flexibility index (Phi) is 4.58. The van der Waals surface area contributed by atoms with Crippen LogP contribution in [-0.4, -0.2) is 16.0 Å². The number of hydrogen-bond donors (Lipinski definition) is 1. The molecule has 0 saturated carbocycles. The predicted molar refractivity (Wildman–Crippen MR) is 73.2 cm³/mol. The van der Waals surface area contributed by atoms with E-state index >= 15 is 0 Å². The SMILES string of the molecule is CC(C)NCc1ccnc(Cc2ccccc2F)n1. The molecule has 0 amide bonds. The maximum atomic E-state index is 13.6. The lowest BCUT2D eigenvalue weighted by Gasteiger charge is -2.08. The Morgan fingerprint density at radius 3 is 2.74 bits per heavy atom. The molecular weight excluding hydrogens is 241 g/mol. The third-order valence-corrected chi connectivity index (χ3v) is 2.76. The van der Waals surface area contributed by atoms with Gasteiger partial charge in [0.05, 0.1) is 5.69 Å². The average Bonchev–Trinajstić information content (AvgIpc) is 2.40. The summed E-state index contributed by atoms with van der Waals surface area (Å²) in [6.07, 6.45) is 2.14. The van der Waals surface area contributed by atoms with Crippen LogP contribution < -0.4 is 5.32 Å². The van der Waals surface area contributed by atoms with Gasteiger partial charge in [-0.3, -0.25) is 0 Å². The topological polar surface area (TPSA) is 37.8 Å². The lowest BCUT2D eigenvalue weighted by atomic mass is 10.1. The molecule has 2 aromatic rings. The normalized spacial score (nSPS) is 10.9. The second-order valence-corrected chi connectivity index (χ2v) is 4.77. The highest BCUT2D eigenvalue weighted by Crippen LogP contribution is 2.10. The Bertz CT molecular complexity index is 540. The number of halogens is 1. The fourth-order valence-electron chi connectivity index (χ4n) is 1.75. The maximum Gasteiger partial charge on any atom is 0.133 e. The average molecular weight is 259 g/mol. The number of nitrogens with zero attached hydrogens (tertiary/aromatic N) is 2. The molecule has 2 rings (SSSR count). The molecule has 0 unspecified atom stereocenters. The molecule has 0 atom stereocenters. The summed E-state index contributed by atoms with van der Waals surface area (Å²) in [5.41, 5.74) is 1.55. The summed E-state index contributed by atoms with van der Waals surface area (Å²) in [5, 5.41) is 3.30. The molecule has 100 valence electrons. The van der Waals surface area contributed by atoms with Crippen LogP contribution in [0.5, 0.6) is 0 Å². The van der Waals surface area contributed by atoms with E-state index in [0.29, 0.717) is 30.4 Å². The number of aromatic nitrogens is 2. The van der Waals surface area contributed by atoms with E-state index in [1.165, 1.54) is 6.07 Å². The zero-order valence-electron chi connectivity index (χ0n) is 11.2. The first-order chi connectivity index (χ1) is 9.15. The lowest BCUT2D eigenvalue weighted by Crippen LogP contribution is -2.22. The van der Waals surface area contributed by atoms with Crippen molar-refractivity contribution in [2.45, 2.75) is 32.9 Å². The molecule has 3 nitrogen and oxygen atoms in total. The van der Waals surface area contributed by atoms with Gasteiger partial charge in [-0.15, -0.1) is 0 Å². The van der Waals surface area contributed by atoms with Crippen molar-refractivity contribution in [3.63, 3.8) is 0 Å². The zero-order valence-corrected chi connectivity index (χ0v) is 11.2. The smallest absolute Gasteiger partial charge is 0.133 e. The molecule has 1 aromatic heterocycles. The highest BCUT2D eigenvalue weighted by molar-refractivity contribution is 5.21. The summed E-state index contributed by atoms with van der Waals surface area (Å²) in [6, 6.07) is 9.01. The van der Waals surface area contributed by atoms with Crippen molar-refractivity contribution in [3.05, 3.63) is 59.4 Å². The zero-order chi connectivity index (χ0) is 13.7. The third kappa shape index (κ3) is 4.10. The summed E-state index contributed by atoms with van der Waals surface area (Å²) in [4.78, 5) is 8.64. The minimum absolute atomic E-state index is 0.211. The van der Waals surface area contributed by atoms with Gasteiger partial charge < -0.3 is 5.32 Å². The molecule has 1 N–H and O–H groups in total. The summed E-state index contributed by atoms with van der Waals surface area (Å²) >= 11 is 0. The van der Waals surface area contributed by atoms with E-state index in [4.69, 9.17) is 0 Å². The van der Waals surface area contributed by atoms with Crippen molar-refractivity contribution < 1.29 is 4.39 Å². The van der Waals surface area contributed by atoms with E-state index < -0.39 is 0 Å². The quantitative estimate of drug-likeness (QED) is 0.897. The van der Waals surface area contributed by atoms with Crippen LogP contribution in [0.25, 0.3) is 0 Å². The van der Waals surface area contributed by atoms with Crippen LogP contribution in [0.3, 0.4) is 0 Å². The third-order valence-electron chi connectivity index (χ3n) is 2.76. The summed E-state index contributed by atoms with van der Waals surface area (Å²) < 4.78 is 13.6. The Labute approximate surface area is 112 Å². The molecule has 0 bridgehead atoms. The van der Waals surface area contributed by atoms with Gasteiger partial charge in [-0.05, 0) is 17.7 Å². The van der Waals surface area contributed by atoms with Crippen LogP contribution in [0.2, 0.25) is 0 Å². The highest BCUT2D eigenvalue weighted by Gasteiger charge is 2.05. The van der Waals surface area contributed by atoms with Gasteiger partial charge in [0.2, 0.25) is 0 Å². The Balaban J connectivity index is 2.09. The van der Waals surface area contributed by atoms with E-state index in [2.05, 4.69) is 29.1 Å². The van der Waals surface area contributed by atoms with E-state index in [1.807, 2.05) is 12.1 Å². The van der Waals surface area contributed by atoms with Crippen molar-refractivity contribution >= 4 is 0 Å². The van der Waals surface area contributed by atoms with Crippen LogP contribution in [0.1, 0.15) is 30.9 Å². The minimum Gasteiger partial charge on any atom is -0.309 e. The van der Waals surface area contributed by atoms with Gasteiger partial charge in [0.25, 0.3) is 0 Å². The minimum atomic E-state index is -0.211. The molecule has 19 heavy (non-hydrogen) atoms. The van der Waals surface area contributed by atoms with Gasteiger partial charge in [-0.1, -0.05) is 32.0 Å². The van der Waals surface area contributed by atoms with Gasteiger partial charge in [0.15, 0.2) is 0 Å². The highest BCUT2D eigenvalue weighted by atomic mass is 19.1. The molecule has 4 heteroatoms. The first-order valence-corrected chi connectivity index (χ1v) is 6.42. The number of rotatable bonds is 5. The Morgan fingerprint density at radius 1 is 1.21 bits per heavy atom. The largest absolute Gasteiger partial charge is 0.309 e. The molecule has 0 aliphatic rings. The first kappa shape index (κ1) is 13.6. The van der Waals surface area contributed by atoms with E-state index in [9.17, 15) is 4.39 Å². The number of hydrogen-bond acceptors (Lipinski definition) is 3. The molecule has 0 aliphatic heterocycles. The van der Waals surface area contributed by atoms with Gasteiger partial charge in [0.1, 0.15) is 11.6 Å². The van der Waals surface area contributed by atoms with Crippen molar-refractivity contribution in [2.24, 2.45) is 0 Å². The second kappa shape index (κ2) is 6.38. The van der Waals surface area contributed by atoms with Gasteiger partial charge >= 0.3 is 0 Å². The van der Waals surface area contributed by atoms with E-state index in [0.717, 1.165) is 5.69 Å². The summed E-state index contributed by atoms with van der Waals surface area (Å²) in [6.45, 7) is 4.87. The molecule has 0 fully saturated rings. The monoisotopic (exact) mass is 259 g/mol. The van der Waals surface area contributed by atoms with Crippen molar-refractivity contribution in [3.8, 4) is 0 Å². The fourth-order valence-corrected chi connectivity index (χ4v) is 1.75. The van der Waals surface area contributed by atoms with Crippen LogP contribution in [0.15, 0.2) is 36.5 Å². The molecule has 1 aromatic carbocycles. The van der Waals surface area contributed by atoms with Crippen LogP contribution in [0.4, 0.5) is 4.39 Å². The molecule has 0 spiro atoms. The molecule has 0 saturated heterocycles. The molecular formula is C15H18FN3.